The maximum Gasteiger partial charge on any atom is 0.316 e. The van der Waals surface area contributed by atoms with Gasteiger partial charge in [0.25, 0.3) is 0 Å². The average Bonchev–Trinajstić information content (AvgIpc) is 0. The highest BCUT2D eigenvalue weighted by Gasteiger charge is 0.316. The Hall–Kier alpha value is 1.58. The zero-order valence-corrected chi connectivity index (χ0v) is 0. The van der Waals surface area contributed by atoms with E-state index in [1.165, 1.54) is 0 Å². The highest BCUT2D eigenvalue weighted by Crippen LogP contribution is -0.378. The molecule has 0 amide bonds. The molecule has 0 aliphatic carbocycles. The van der Waals surface area contributed by atoms with Crippen molar-refractivity contribution < 1.29 is 0 Å². The first-order valence-electron chi connectivity index (χ1n) is 0. The van der Waals surface area contributed by atoms with Crippen LogP contribution in [0.3, 0.4) is 0 Å². The standard InChI is InChI=1S/Al.BH3.Mg.H4Si.5H/h;1H3;;1H4;;;;;. The fourth-order valence-electron chi connectivity index (χ4n) is 0. The molecule has 0 bridgehead atoms. The van der Waals surface area contributed by atoms with E-state index in [9.17, 15) is 0 Å². The summed E-state index contributed by atoms with van der Waals surface area (Å²) in [5.74, 6) is 0. The van der Waals surface area contributed by atoms with Crippen LogP contribution >= 0.6 is 0 Å². The van der Waals surface area contributed by atoms with Gasteiger partial charge in [-0.3, -0.25) is 0 Å². The predicted molar refractivity (Wildman–Crippen MR) is 39.8 cm³/mol. The molecule has 0 spiro atoms. The summed E-state index contributed by atoms with van der Waals surface area (Å²) < 4.78 is 0. The Morgan fingerprint density at radius 2 is 1.00 bits per heavy atom. The second-order valence-electron chi connectivity index (χ2n) is 0. The molecule has 0 unspecified atom stereocenters. The van der Waals surface area contributed by atoms with Crippen LogP contribution in [0.15, 0.2) is 0 Å². The summed E-state index contributed by atoms with van der Waals surface area (Å²) in [5, 5.41) is 0. The highest BCUT2D eigenvalue weighted by molar-refractivity contribution is 5.76. The van der Waals surface area contributed by atoms with Gasteiger partial charge in [-0.25, -0.2) is 0 Å². The molecular formula is H12AlBMgSi. The van der Waals surface area contributed by atoms with Gasteiger partial charge in [-0.05, 0) is 11.0 Å². The van der Waals surface area contributed by atoms with Crippen LogP contribution in [0.5, 0.6) is 0 Å². The normalized spacial score (nSPS) is 0. The average molecular weight is 102 g/mol. The quantitative estimate of drug-likeness (QED) is 0.270. The molecule has 0 aliphatic heterocycles. The summed E-state index contributed by atoms with van der Waals surface area (Å²) in [5.41, 5.74) is 0. The highest BCUT2D eigenvalue weighted by atomic mass is 28.1. The molecular weight excluding hydrogens is 90.2 g/mol. The summed E-state index contributed by atoms with van der Waals surface area (Å²) in [6, 6.07) is 0. The summed E-state index contributed by atoms with van der Waals surface area (Å²) in [4.78, 5) is 0. The fraction of sp³-hybridized carbons (Fsp3) is 0. The first-order valence-corrected chi connectivity index (χ1v) is 0. The van der Waals surface area contributed by atoms with Gasteiger partial charge >= 0.3 is 23.1 Å². The van der Waals surface area contributed by atoms with Crippen molar-refractivity contribution >= 4 is 59.8 Å². The molecule has 0 saturated heterocycles. The van der Waals surface area contributed by atoms with E-state index >= 15 is 0 Å². The molecule has 4 heavy (non-hydrogen) atoms. The van der Waals surface area contributed by atoms with E-state index in [-0.39, 0.29) is 59.8 Å². The van der Waals surface area contributed by atoms with Gasteiger partial charge in [0.1, 0.15) is 0 Å². The predicted octanol–water partition coefficient (Wildman–Crippen LogP) is -4.74. The number of hydrogen-bond acceptors (Lipinski definition) is 0. The molecule has 24 valence electrons. The molecule has 0 aromatic heterocycles. The molecule has 0 aromatic rings. The lowest BCUT2D eigenvalue weighted by molar-refractivity contribution is 5.75. The Bertz CT molecular complexity index is 8.00. The lowest BCUT2D eigenvalue weighted by Crippen LogP contribution is -0.382. The van der Waals surface area contributed by atoms with Gasteiger partial charge in [0.15, 0.2) is 17.4 Å². The lowest BCUT2D eigenvalue weighted by Gasteiger charge is -0.0149. The number of rotatable bonds is 0. The van der Waals surface area contributed by atoms with E-state index in [2.05, 4.69) is 0 Å². The molecule has 0 fully saturated rings. The van der Waals surface area contributed by atoms with Gasteiger partial charge in [-0.2, -0.15) is 0 Å². The minimum Gasteiger partial charge on any atom is -0.0149 e. The molecule has 0 atom stereocenters. The van der Waals surface area contributed by atoms with E-state index in [1.54, 1.807) is 0 Å². The van der Waals surface area contributed by atoms with Crippen molar-refractivity contribution in [2.24, 2.45) is 0 Å². The van der Waals surface area contributed by atoms with Gasteiger partial charge in [0.2, 0.25) is 0 Å². The van der Waals surface area contributed by atoms with E-state index in [1.807, 2.05) is 0 Å². The van der Waals surface area contributed by atoms with Crippen LogP contribution in [-0.2, 0) is 0 Å². The maximum atomic E-state index is 0. The summed E-state index contributed by atoms with van der Waals surface area (Å²) in [6.07, 6.45) is 0. The fourth-order valence-corrected chi connectivity index (χ4v) is 0. The summed E-state index contributed by atoms with van der Waals surface area (Å²) in [6.45, 7) is 0. The minimum atomic E-state index is 0. The van der Waals surface area contributed by atoms with Crippen molar-refractivity contribution in [1.29, 1.82) is 0 Å². The Kier molecular flexibility index (Phi) is 275. The molecule has 0 saturated carbocycles. The van der Waals surface area contributed by atoms with Gasteiger partial charge in [0, 0.05) is 0 Å². The van der Waals surface area contributed by atoms with Crippen molar-refractivity contribution in [3.05, 3.63) is 0 Å². The lowest BCUT2D eigenvalue weighted by atomic mass is 10.8. The topological polar surface area (TPSA) is 0 Å². The van der Waals surface area contributed by atoms with E-state index in [4.69, 9.17) is 0 Å². The molecule has 0 heterocycles. The summed E-state index contributed by atoms with van der Waals surface area (Å²) >= 11 is 0. The molecule has 0 radical (unpaired) electrons. The molecule has 0 rings (SSSR count). The minimum absolute atomic E-state index is 0. The van der Waals surface area contributed by atoms with Crippen LogP contribution < -0.4 is 0 Å². The summed E-state index contributed by atoms with van der Waals surface area (Å²) in [7, 11) is 0. The van der Waals surface area contributed by atoms with Crippen molar-refractivity contribution in [3.8, 4) is 0 Å². The van der Waals surface area contributed by atoms with Gasteiger partial charge in [-0.1, -0.05) is 0 Å². The van der Waals surface area contributed by atoms with Crippen LogP contribution in [0.1, 0.15) is 0 Å². The molecule has 0 nitrogen and oxygen atoms in total. The Balaban J connectivity index is 0. The largest absolute Gasteiger partial charge is 0.316 e. The Labute approximate surface area is 59.6 Å². The third-order valence-corrected chi connectivity index (χ3v) is 0. The third kappa shape index (κ3) is 9.54. The van der Waals surface area contributed by atoms with Crippen LogP contribution in [-0.4, -0.2) is 59.8 Å². The van der Waals surface area contributed by atoms with Gasteiger partial charge < -0.3 is 0 Å². The van der Waals surface area contributed by atoms with E-state index in [0.717, 1.165) is 0 Å². The number of hydrogen-bond donors (Lipinski definition) is 0. The second kappa shape index (κ2) is 23.5. The molecule has 0 aliphatic rings. The van der Waals surface area contributed by atoms with E-state index in [0.29, 0.717) is 0 Å². The SMILES string of the molecule is B.[AlH3].[MgH2].[SiH4]. The van der Waals surface area contributed by atoms with Crippen molar-refractivity contribution in [1.82, 2.24) is 0 Å². The molecule has 0 aromatic carbocycles. The van der Waals surface area contributed by atoms with Gasteiger partial charge in [0.05, 0.1) is 8.41 Å². The zero-order valence-electron chi connectivity index (χ0n) is 0. The van der Waals surface area contributed by atoms with E-state index < -0.39 is 0 Å². The zero-order chi connectivity index (χ0) is 0. The first kappa shape index (κ1) is 46.9. The van der Waals surface area contributed by atoms with Crippen molar-refractivity contribution in [3.63, 3.8) is 0 Å². The molecule has 4 heteroatoms. The molecule has 0 N–H and O–H groups in total. The maximum absolute atomic E-state index is 0. The third-order valence-electron chi connectivity index (χ3n) is 0. The Morgan fingerprint density at radius 3 is 1.00 bits per heavy atom. The van der Waals surface area contributed by atoms with Crippen LogP contribution in [0, 0.1) is 0 Å². The Morgan fingerprint density at radius 1 is 1.00 bits per heavy atom. The van der Waals surface area contributed by atoms with Crippen molar-refractivity contribution in [2.75, 3.05) is 0 Å². The first-order chi connectivity index (χ1) is 0. The van der Waals surface area contributed by atoms with Crippen LogP contribution in [0.2, 0.25) is 0 Å². The monoisotopic (exact) mass is 102 g/mol. The van der Waals surface area contributed by atoms with Crippen molar-refractivity contribution in [2.45, 2.75) is 0 Å². The second-order valence-corrected chi connectivity index (χ2v) is 0. The van der Waals surface area contributed by atoms with Crippen LogP contribution in [0.25, 0.3) is 0 Å². The van der Waals surface area contributed by atoms with Gasteiger partial charge in [-0.15, -0.1) is 0 Å². The van der Waals surface area contributed by atoms with Crippen LogP contribution in [0.4, 0.5) is 0 Å². The smallest absolute Gasteiger partial charge is 0.0149 e.